The number of benzene rings is 3. The highest BCUT2D eigenvalue weighted by Crippen LogP contribution is 2.12. The largest absolute Gasteiger partial charge is 0.396 e. The van der Waals surface area contributed by atoms with Crippen LogP contribution in [0.4, 0.5) is 21.0 Å². The fourth-order valence-electron chi connectivity index (χ4n) is 4.06. The summed E-state index contributed by atoms with van der Waals surface area (Å²) in [6.07, 6.45) is 5.12. The highest BCUT2D eigenvalue weighted by Gasteiger charge is 2.10. The van der Waals surface area contributed by atoms with Crippen LogP contribution in [-0.4, -0.2) is 59.7 Å². The number of hydrogen-bond donors (Lipinski definition) is 7. The number of anilines is 2. The van der Waals surface area contributed by atoms with E-state index in [0.717, 1.165) is 30.4 Å². The lowest BCUT2D eigenvalue weighted by Gasteiger charge is -2.10. The molecule has 7 N–H and O–H groups in total. The summed E-state index contributed by atoms with van der Waals surface area (Å²) in [6.45, 7) is 1.31. The maximum atomic E-state index is 12.6. The normalized spacial score (nSPS) is 10.2. The van der Waals surface area contributed by atoms with Gasteiger partial charge in [-0.1, -0.05) is 24.3 Å². The minimum Gasteiger partial charge on any atom is -0.396 e. The molecule has 6 amide bonds. The Morgan fingerprint density at radius 2 is 1.15 bits per heavy atom. The van der Waals surface area contributed by atoms with Crippen LogP contribution < -0.4 is 26.6 Å². The number of unbranched alkanes of at least 4 members (excludes halogenated alkanes) is 3. The summed E-state index contributed by atoms with van der Waals surface area (Å²) < 4.78 is 0. The van der Waals surface area contributed by atoms with Crippen LogP contribution in [0.25, 0.3) is 0 Å². The van der Waals surface area contributed by atoms with Crippen LogP contribution in [0.2, 0.25) is 0 Å². The van der Waals surface area contributed by atoms with E-state index in [1.54, 1.807) is 66.7 Å². The Morgan fingerprint density at radius 1 is 0.630 bits per heavy atom. The van der Waals surface area contributed by atoms with Crippen molar-refractivity contribution < 1.29 is 29.4 Å². The van der Waals surface area contributed by atoms with Crippen molar-refractivity contribution in [2.24, 2.45) is 4.99 Å². The van der Waals surface area contributed by atoms with Gasteiger partial charge in [0.05, 0.1) is 0 Å². The third-order valence-corrected chi connectivity index (χ3v) is 6.62. The van der Waals surface area contributed by atoms with E-state index in [4.69, 9.17) is 10.2 Å². The van der Waals surface area contributed by atoms with E-state index in [1.165, 1.54) is 0 Å². The van der Waals surface area contributed by atoms with E-state index in [9.17, 15) is 19.2 Å². The number of nitrogens with one attached hydrogen (secondary N) is 5. The first kappa shape index (κ1) is 35.2. The number of allylic oxidation sites excluding steroid dienone is 1. The molecule has 12 heteroatoms. The average Bonchev–Trinajstić information content (AvgIpc) is 3.07. The quantitative estimate of drug-likeness (QED) is 0.0914. The van der Waals surface area contributed by atoms with E-state index >= 15 is 0 Å². The van der Waals surface area contributed by atoms with Crippen LogP contribution in [0.15, 0.2) is 83.9 Å². The average molecular weight is 629 g/mol. The zero-order valence-corrected chi connectivity index (χ0v) is 25.6. The molecule has 0 saturated heterocycles. The molecule has 0 saturated carbocycles. The molecule has 3 aromatic rings. The molecule has 0 radical (unpaired) electrons. The van der Waals surface area contributed by atoms with Crippen LogP contribution in [0.5, 0.6) is 0 Å². The highest BCUT2D eigenvalue weighted by atomic mass is 16.3. The molecule has 0 aliphatic carbocycles. The number of rotatable bonds is 16. The first-order chi connectivity index (χ1) is 22.4. The predicted molar refractivity (Wildman–Crippen MR) is 177 cm³/mol. The number of carbonyl (C=O) groups excluding carboxylic acids is 4. The van der Waals surface area contributed by atoms with E-state index in [1.807, 2.05) is 12.1 Å². The summed E-state index contributed by atoms with van der Waals surface area (Å²) >= 11 is 0. The molecule has 3 rings (SSSR count). The van der Waals surface area contributed by atoms with Crippen molar-refractivity contribution in [1.29, 1.82) is 0 Å². The smallest absolute Gasteiger partial charge is 0.353 e. The Balaban J connectivity index is 1.38. The second kappa shape index (κ2) is 19.9. The summed E-state index contributed by atoms with van der Waals surface area (Å²) in [5.41, 5.74) is 3.67. The number of hydrogen-bond acceptors (Lipinski definition) is 6. The minimum atomic E-state index is -0.564. The van der Waals surface area contributed by atoms with E-state index in [-0.39, 0.29) is 44.1 Å². The van der Waals surface area contributed by atoms with Gasteiger partial charge in [0.15, 0.2) is 0 Å². The molecule has 46 heavy (non-hydrogen) atoms. The summed E-state index contributed by atoms with van der Waals surface area (Å²) in [6, 6.07) is 19.5. The molecule has 0 fully saturated rings. The Bertz CT molecular complexity index is 1480. The molecule has 0 aliphatic heterocycles. The van der Waals surface area contributed by atoms with Gasteiger partial charge in [0.1, 0.15) is 0 Å². The summed E-state index contributed by atoms with van der Waals surface area (Å²) in [5, 5.41) is 31.4. The summed E-state index contributed by atoms with van der Waals surface area (Å²) in [4.78, 5) is 52.7. The van der Waals surface area contributed by atoms with Crippen molar-refractivity contribution in [3.05, 3.63) is 101 Å². The molecule has 0 spiro atoms. The van der Waals surface area contributed by atoms with Crippen LogP contribution in [0.3, 0.4) is 0 Å². The number of aliphatic hydroxyl groups excluding tert-OH is 2. The van der Waals surface area contributed by atoms with Gasteiger partial charge in [-0.05, 0) is 104 Å². The Labute approximate surface area is 268 Å². The SMILES string of the molecule is O=C(N=C=CCCCO)Nc1ccc(CNC(=O)c2ccc(C(=O)NCc3ccc(NC(=O)NCCCCCO)cc3)cc2)cc1. The van der Waals surface area contributed by atoms with Gasteiger partial charge in [0, 0.05) is 55.3 Å². The Hall–Kier alpha value is -5.29. The molecule has 0 aromatic heterocycles. The second-order valence-corrected chi connectivity index (χ2v) is 10.2. The molecule has 0 unspecified atom stereocenters. The van der Waals surface area contributed by atoms with Crippen molar-refractivity contribution >= 4 is 41.1 Å². The maximum Gasteiger partial charge on any atom is 0.353 e. The van der Waals surface area contributed by atoms with E-state index < -0.39 is 6.03 Å². The lowest BCUT2D eigenvalue weighted by molar-refractivity contribution is 0.0939. The van der Waals surface area contributed by atoms with Crippen molar-refractivity contribution in [1.82, 2.24) is 16.0 Å². The molecule has 12 nitrogen and oxygen atoms in total. The topological polar surface area (TPSA) is 181 Å². The number of aliphatic imine (C=N–C) groups is 1. The predicted octanol–water partition coefficient (Wildman–Crippen LogP) is 4.36. The Morgan fingerprint density at radius 3 is 1.67 bits per heavy atom. The van der Waals surface area contributed by atoms with Gasteiger partial charge in [-0.15, -0.1) is 4.99 Å². The number of carbonyl (C=O) groups is 4. The molecule has 3 aromatic carbocycles. The van der Waals surface area contributed by atoms with Crippen LogP contribution in [0, 0.1) is 0 Å². The first-order valence-electron chi connectivity index (χ1n) is 15.1. The van der Waals surface area contributed by atoms with Crippen molar-refractivity contribution in [2.45, 2.75) is 45.2 Å². The van der Waals surface area contributed by atoms with E-state index in [0.29, 0.717) is 41.9 Å². The van der Waals surface area contributed by atoms with Gasteiger partial charge in [-0.3, -0.25) is 9.59 Å². The third-order valence-electron chi connectivity index (χ3n) is 6.62. The minimum absolute atomic E-state index is 0.0686. The standard InChI is InChI=1S/C34H40N6O6/c41-21-5-1-3-19-35-33(45)39-29-15-7-25(8-16-29)23-37-31(43)27-11-13-28(14-12-27)32(44)38-24-26-9-17-30(18-10-26)40-34(46)36-20-4-2-6-22-42/h3,7-18,41-42H,1-2,4-6,20-24H2,(H,37,43)(H,38,44)(H,39,45)(H2,36,40,46). The second-order valence-electron chi connectivity index (χ2n) is 10.2. The van der Waals surface area contributed by atoms with Gasteiger partial charge in [0.25, 0.3) is 11.8 Å². The van der Waals surface area contributed by atoms with Gasteiger partial charge in [0.2, 0.25) is 0 Å². The lowest BCUT2D eigenvalue weighted by Crippen LogP contribution is -2.29. The van der Waals surface area contributed by atoms with Crippen LogP contribution in [0.1, 0.15) is 63.9 Å². The number of amides is 6. The van der Waals surface area contributed by atoms with Crippen LogP contribution >= 0.6 is 0 Å². The number of nitrogens with zero attached hydrogens (tertiary/aromatic N) is 1. The van der Waals surface area contributed by atoms with Gasteiger partial charge >= 0.3 is 12.1 Å². The zero-order chi connectivity index (χ0) is 33.0. The maximum absolute atomic E-state index is 12.6. The molecule has 242 valence electrons. The monoisotopic (exact) mass is 628 g/mol. The molecule has 0 aliphatic rings. The molecular formula is C34H40N6O6. The fourth-order valence-corrected chi connectivity index (χ4v) is 4.06. The van der Waals surface area contributed by atoms with Crippen LogP contribution in [-0.2, 0) is 13.1 Å². The van der Waals surface area contributed by atoms with Crippen molar-refractivity contribution in [3.63, 3.8) is 0 Å². The van der Waals surface area contributed by atoms with Gasteiger partial charge in [-0.2, -0.15) is 0 Å². The molecule has 0 atom stereocenters. The first-order valence-corrected chi connectivity index (χ1v) is 15.1. The fraction of sp³-hybridized carbons (Fsp3) is 0.294. The Kier molecular flexibility index (Phi) is 15.2. The summed E-state index contributed by atoms with van der Waals surface area (Å²) in [5.74, 6) is 1.95. The van der Waals surface area contributed by atoms with Gasteiger partial charge < -0.3 is 36.8 Å². The number of urea groups is 2. The van der Waals surface area contributed by atoms with Crippen molar-refractivity contribution in [3.8, 4) is 0 Å². The molecule has 0 heterocycles. The molecule has 0 bridgehead atoms. The van der Waals surface area contributed by atoms with E-state index in [2.05, 4.69) is 37.4 Å². The number of aliphatic hydroxyl groups is 2. The third kappa shape index (κ3) is 13.1. The van der Waals surface area contributed by atoms with Gasteiger partial charge in [-0.25, -0.2) is 9.59 Å². The molecular weight excluding hydrogens is 588 g/mol. The highest BCUT2D eigenvalue weighted by molar-refractivity contribution is 5.98. The van der Waals surface area contributed by atoms with Crippen molar-refractivity contribution in [2.75, 3.05) is 30.4 Å². The lowest BCUT2D eigenvalue weighted by atomic mass is 10.1. The zero-order valence-electron chi connectivity index (χ0n) is 25.6. The summed E-state index contributed by atoms with van der Waals surface area (Å²) in [7, 11) is 0.